The SMILES string of the molecule is C1=CC2OC2c2ccc3cc4ccccc4cc3c21. The molecule has 1 fully saturated rings. The molecule has 0 radical (unpaired) electrons. The Hall–Kier alpha value is -2.12. The van der Waals surface area contributed by atoms with E-state index in [4.69, 9.17) is 4.74 Å². The van der Waals surface area contributed by atoms with Crippen LogP contribution in [0.25, 0.3) is 27.6 Å². The van der Waals surface area contributed by atoms with Crippen LogP contribution in [-0.2, 0) is 4.74 Å². The molecule has 19 heavy (non-hydrogen) atoms. The van der Waals surface area contributed by atoms with Crippen LogP contribution in [0.5, 0.6) is 0 Å². The minimum Gasteiger partial charge on any atom is -0.360 e. The molecule has 1 heterocycles. The highest BCUT2D eigenvalue weighted by molar-refractivity contribution is 6.02. The lowest BCUT2D eigenvalue weighted by Gasteiger charge is -2.12. The van der Waals surface area contributed by atoms with Crippen molar-refractivity contribution in [3.8, 4) is 0 Å². The zero-order chi connectivity index (χ0) is 12.4. The van der Waals surface area contributed by atoms with Crippen molar-refractivity contribution in [2.24, 2.45) is 0 Å². The van der Waals surface area contributed by atoms with E-state index in [0.29, 0.717) is 12.2 Å². The standard InChI is InChI=1S/C18H12O/c1-2-4-12-10-16-13(9-11(12)3-1)5-6-15-14(16)7-8-17-18(15)19-17/h1-10,17-18H. The average molecular weight is 244 g/mol. The highest BCUT2D eigenvalue weighted by atomic mass is 16.6. The van der Waals surface area contributed by atoms with E-state index in [0.717, 1.165) is 0 Å². The first-order valence-electron chi connectivity index (χ1n) is 6.69. The summed E-state index contributed by atoms with van der Waals surface area (Å²) in [6.45, 7) is 0. The monoisotopic (exact) mass is 244 g/mol. The molecule has 3 aromatic rings. The molecule has 0 saturated carbocycles. The number of hydrogen-bond acceptors (Lipinski definition) is 1. The van der Waals surface area contributed by atoms with Gasteiger partial charge in [-0.05, 0) is 44.8 Å². The number of ether oxygens (including phenoxy) is 1. The fraction of sp³-hybridized carbons (Fsp3) is 0.111. The lowest BCUT2D eigenvalue weighted by molar-refractivity contribution is 0.395. The van der Waals surface area contributed by atoms with Crippen molar-refractivity contribution >= 4 is 27.6 Å². The van der Waals surface area contributed by atoms with Gasteiger partial charge in [-0.15, -0.1) is 0 Å². The van der Waals surface area contributed by atoms with Crippen molar-refractivity contribution in [3.05, 3.63) is 65.7 Å². The van der Waals surface area contributed by atoms with Crippen molar-refractivity contribution in [2.45, 2.75) is 12.2 Å². The second kappa shape index (κ2) is 3.25. The third kappa shape index (κ3) is 1.28. The molecule has 0 bridgehead atoms. The zero-order valence-electron chi connectivity index (χ0n) is 10.3. The van der Waals surface area contributed by atoms with Gasteiger partial charge in [-0.25, -0.2) is 0 Å². The van der Waals surface area contributed by atoms with Crippen molar-refractivity contribution < 1.29 is 4.74 Å². The number of hydrogen-bond donors (Lipinski definition) is 0. The van der Waals surface area contributed by atoms with Gasteiger partial charge >= 0.3 is 0 Å². The molecular formula is C18H12O. The molecule has 1 saturated heterocycles. The Morgan fingerprint density at radius 3 is 2.58 bits per heavy atom. The number of benzene rings is 3. The van der Waals surface area contributed by atoms with Crippen molar-refractivity contribution in [1.82, 2.24) is 0 Å². The van der Waals surface area contributed by atoms with Gasteiger partial charge in [0, 0.05) is 0 Å². The molecular weight excluding hydrogens is 232 g/mol. The molecule has 2 aliphatic rings. The van der Waals surface area contributed by atoms with Crippen LogP contribution < -0.4 is 0 Å². The fourth-order valence-corrected chi connectivity index (χ4v) is 3.20. The molecule has 90 valence electrons. The molecule has 0 aromatic heterocycles. The van der Waals surface area contributed by atoms with Crippen LogP contribution in [0.2, 0.25) is 0 Å². The van der Waals surface area contributed by atoms with Crippen LogP contribution in [0.15, 0.2) is 54.6 Å². The summed E-state index contributed by atoms with van der Waals surface area (Å²) in [4.78, 5) is 0. The molecule has 3 aromatic carbocycles. The van der Waals surface area contributed by atoms with E-state index in [1.165, 1.54) is 32.7 Å². The Morgan fingerprint density at radius 2 is 1.68 bits per heavy atom. The van der Waals surface area contributed by atoms with Crippen molar-refractivity contribution in [2.75, 3.05) is 0 Å². The minimum atomic E-state index is 0.302. The second-order valence-electron chi connectivity index (χ2n) is 5.37. The maximum atomic E-state index is 5.65. The molecule has 2 unspecified atom stereocenters. The highest BCUT2D eigenvalue weighted by Gasteiger charge is 2.41. The largest absolute Gasteiger partial charge is 0.360 e. The average Bonchev–Trinajstić information content (AvgIpc) is 3.24. The lowest BCUT2D eigenvalue weighted by atomic mass is 9.91. The van der Waals surface area contributed by atoms with Gasteiger partial charge in [0.05, 0.1) is 0 Å². The Morgan fingerprint density at radius 1 is 0.842 bits per heavy atom. The molecule has 2 atom stereocenters. The van der Waals surface area contributed by atoms with Crippen LogP contribution in [0.3, 0.4) is 0 Å². The molecule has 1 aliphatic carbocycles. The van der Waals surface area contributed by atoms with E-state index < -0.39 is 0 Å². The third-order valence-corrected chi connectivity index (χ3v) is 4.25. The third-order valence-electron chi connectivity index (χ3n) is 4.25. The van der Waals surface area contributed by atoms with Gasteiger partial charge < -0.3 is 4.74 Å². The molecule has 1 nitrogen and oxygen atoms in total. The topological polar surface area (TPSA) is 12.5 Å². The van der Waals surface area contributed by atoms with Crippen molar-refractivity contribution in [3.63, 3.8) is 0 Å². The van der Waals surface area contributed by atoms with Gasteiger partial charge in [0.25, 0.3) is 0 Å². The molecule has 0 N–H and O–H groups in total. The predicted octanol–water partition coefficient (Wildman–Crippen LogP) is 4.46. The first kappa shape index (κ1) is 9.76. The van der Waals surface area contributed by atoms with Gasteiger partial charge in [-0.3, -0.25) is 0 Å². The van der Waals surface area contributed by atoms with E-state index in [9.17, 15) is 0 Å². The molecule has 0 amide bonds. The first-order valence-corrected chi connectivity index (χ1v) is 6.69. The first-order chi connectivity index (χ1) is 9.40. The van der Waals surface area contributed by atoms with Gasteiger partial charge in [-0.1, -0.05) is 48.6 Å². The summed E-state index contributed by atoms with van der Waals surface area (Å²) in [6, 6.07) is 17.6. The summed E-state index contributed by atoms with van der Waals surface area (Å²) in [6.07, 6.45) is 5.03. The Kier molecular flexibility index (Phi) is 1.67. The number of fused-ring (bicyclic) bond motifs is 6. The van der Waals surface area contributed by atoms with E-state index >= 15 is 0 Å². The predicted molar refractivity (Wildman–Crippen MR) is 78.1 cm³/mol. The maximum Gasteiger partial charge on any atom is 0.114 e. The van der Waals surface area contributed by atoms with Crippen LogP contribution >= 0.6 is 0 Å². The summed E-state index contributed by atoms with van der Waals surface area (Å²) < 4.78 is 5.65. The highest BCUT2D eigenvalue weighted by Crippen LogP contribution is 2.47. The minimum absolute atomic E-state index is 0.302. The summed E-state index contributed by atoms with van der Waals surface area (Å²) in [7, 11) is 0. The Labute approximate surface area is 111 Å². The number of rotatable bonds is 0. The lowest BCUT2D eigenvalue weighted by Crippen LogP contribution is -1.96. The van der Waals surface area contributed by atoms with Gasteiger partial charge in [0.15, 0.2) is 0 Å². The summed E-state index contributed by atoms with van der Waals surface area (Å²) in [5.74, 6) is 0. The molecule has 1 heteroatoms. The second-order valence-corrected chi connectivity index (χ2v) is 5.37. The normalized spacial score (nSPS) is 23.4. The Balaban J connectivity index is 1.93. The van der Waals surface area contributed by atoms with Crippen molar-refractivity contribution in [1.29, 1.82) is 0 Å². The van der Waals surface area contributed by atoms with Gasteiger partial charge in [-0.2, -0.15) is 0 Å². The van der Waals surface area contributed by atoms with Crippen LogP contribution in [0.1, 0.15) is 17.2 Å². The molecule has 5 rings (SSSR count). The van der Waals surface area contributed by atoms with Gasteiger partial charge in [0.2, 0.25) is 0 Å². The molecule has 0 spiro atoms. The number of epoxide rings is 1. The van der Waals surface area contributed by atoms with Gasteiger partial charge in [0.1, 0.15) is 12.2 Å². The summed E-state index contributed by atoms with van der Waals surface area (Å²) in [5.41, 5.74) is 2.68. The van der Waals surface area contributed by atoms with Crippen LogP contribution in [0, 0.1) is 0 Å². The molecule has 1 aliphatic heterocycles. The quantitative estimate of drug-likeness (QED) is 0.420. The van der Waals surface area contributed by atoms with E-state index in [-0.39, 0.29) is 0 Å². The van der Waals surface area contributed by atoms with Crippen LogP contribution in [-0.4, -0.2) is 6.10 Å². The Bertz CT molecular complexity index is 860. The fourth-order valence-electron chi connectivity index (χ4n) is 3.20. The zero-order valence-corrected chi connectivity index (χ0v) is 10.3. The maximum absolute atomic E-state index is 5.65. The van der Waals surface area contributed by atoms with E-state index in [2.05, 4.69) is 60.7 Å². The van der Waals surface area contributed by atoms with E-state index in [1.54, 1.807) is 0 Å². The smallest absolute Gasteiger partial charge is 0.114 e. The summed E-state index contributed by atoms with van der Waals surface area (Å²) >= 11 is 0. The van der Waals surface area contributed by atoms with Crippen LogP contribution in [0.4, 0.5) is 0 Å². The summed E-state index contributed by atoms with van der Waals surface area (Å²) in [5, 5.41) is 5.24. The van der Waals surface area contributed by atoms with E-state index in [1.807, 2.05) is 0 Å².